The molecule has 30 heavy (non-hydrogen) atoms. The lowest BCUT2D eigenvalue weighted by Crippen LogP contribution is -2.38. The first kappa shape index (κ1) is 22.5. The monoisotopic (exact) mass is 429 g/mol. The quantitative estimate of drug-likeness (QED) is 0.664. The van der Waals surface area contributed by atoms with Gasteiger partial charge in [0.15, 0.2) is 0 Å². The van der Waals surface area contributed by atoms with E-state index in [1.807, 2.05) is 18.2 Å². The zero-order chi connectivity index (χ0) is 21.6. The van der Waals surface area contributed by atoms with E-state index in [4.69, 9.17) is 0 Å². The molecule has 1 fully saturated rings. The molecular formula is C23H31N3O3S. The number of benzene rings is 2. The lowest BCUT2D eigenvalue weighted by atomic mass is 10.0. The SMILES string of the molecule is CCN(CC)C(CNC(=O)c1ccc(S(=O)(=O)N2CCCC2)cc1)c1ccccc1. The first-order valence-corrected chi connectivity index (χ1v) is 12.1. The number of likely N-dealkylation sites (N-methyl/N-ethyl adjacent to an activating group) is 1. The number of carbonyl (C=O) groups is 1. The minimum atomic E-state index is -3.47. The molecule has 0 saturated carbocycles. The van der Waals surface area contributed by atoms with Crippen molar-refractivity contribution in [2.75, 3.05) is 32.7 Å². The maximum absolute atomic E-state index is 12.7. The Kier molecular flexibility index (Phi) is 7.64. The molecule has 7 heteroatoms. The van der Waals surface area contributed by atoms with Crippen LogP contribution < -0.4 is 5.32 Å². The Morgan fingerprint density at radius 3 is 2.17 bits per heavy atom. The van der Waals surface area contributed by atoms with Crippen LogP contribution in [0.5, 0.6) is 0 Å². The third-order valence-electron chi connectivity index (χ3n) is 5.71. The number of amides is 1. The van der Waals surface area contributed by atoms with E-state index in [9.17, 15) is 13.2 Å². The fourth-order valence-corrected chi connectivity index (χ4v) is 5.46. The van der Waals surface area contributed by atoms with Crippen molar-refractivity contribution in [1.29, 1.82) is 0 Å². The van der Waals surface area contributed by atoms with Gasteiger partial charge in [-0.05, 0) is 55.8 Å². The fourth-order valence-electron chi connectivity index (χ4n) is 3.94. The lowest BCUT2D eigenvalue weighted by molar-refractivity contribution is 0.0935. The van der Waals surface area contributed by atoms with Crippen molar-refractivity contribution in [2.45, 2.75) is 37.6 Å². The Morgan fingerprint density at radius 1 is 1.00 bits per heavy atom. The summed E-state index contributed by atoms with van der Waals surface area (Å²) >= 11 is 0. The summed E-state index contributed by atoms with van der Waals surface area (Å²) in [6.45, 7) is 7.61. The summed E-state index contributed by atoms with van der Waals surface area (Å²) in [7, 11) is -3.47. The van der Waals surface area contributed by atoms with Crippen molar-refractivity contribution >= 4 is 15.9 Å². The average molecular weight is 430 g/mol. The van der Waals surface area contributed by atoms with Gasteiger partial charge < -0.3 is 5.32 Å². The number of nitrogens with one attached hydrogen (secondary N) is 1. The first-order valence-electron chi connectivity index (χ1n) is 10.6. The van der Waals surface area contributed by atoms with Crippen molar-refractivity contribution in [1.82, 2.24) is 14.5 Å². The molecule has 0 aliphatic carbocycles. The second-order valence-electron chi connectivity index (χ2n) is 7.49. The molecule has 1 aliphatic rings. The van der Waals surface area contributed by atoms with Crippen LogP contribution in [0.1, 0.15) is 48.7 Å². The van der Waals surface area contributed by atoms with Crippen LogP contribution in [0.3, 0.4) is 0 Å². The summed E-state index contributed by atoms with van der Waals surface area (Å²) < 4.78 is 26.8. The number of sulfonamides is 1. The van der Waals surface area contributed by atoms with Crippen LogP contribution in [-0.4, -0.2) is 56.3 Å². The molecule has 1 atom stereocenters. The zero-order valence-electron chi connectivity index (χ0n) is 17.8. The summed E-state index contributed by atoms with van der Waals surface area (Å²) in [5, 5.41) is 3.02. The molecule has 162 valence electrons. The van der Waals surface area contributed by atoms with Crippen molar-refractivity contribution < 1.29 is 13.2 Å². The molecular weight excluding hydrogens is 398 g/mol. The van der Waals surface area contributed by atoms with Gasteiger partial charge in [0.25, 0.3) is 5.91 Å². The van der Waals surface area contributed by atoms with Gasteiger partial charge in [0, 0.05) is 25.2 Å². The largest absolute Gasteiger partial charge is 0.350 e. The topological polar surface area (TPSA) is 69.7 Å². The third-order valence-corrected chi connectivity index (χ3v) is 7.63. The van der Waals surface area contributed by atoms with Gasteiger partial charge in [0.05, 0.1) is 10.9 Å². The van der Waals surface area contributed by atoms with E-state index < -0.39 is 10.0 Å². The molecule has 6 nitrogen and oxygen atoms in total. The van der Waals surface area contributed by atoms with Gasteiger partial charge in [-0.1, -0.05) is 44.2 Å². The Morgan fingerprint density at radius 2 is 1.60 bits per heavy atom. The molecule has 0 aromatic heterocycles. The Labute approximate surface area is 179 Å². The van der Waals surface area contributed by atoms with Crippen LogP contribution in [0.2, 0.25) is 0 Å². The van der Waals surface area contributed by atoms with Crippen molar-refractivity contribution in [3.63, 3.8) is 0 Å². The van der Waals surface area contributed by atoms with Crippen LogP contribution >= 0.6 is 0 Å². The second kappa shape index (κ2) is 10.2. The van der Waals surface area contributed by atoms with Crippen LogP contribution in [-0.2, 0) is 10.0 Å². The molecule has 1 aliphatic heterocycles. The highest BCUT2D eigenvalue weighted by Crippen LogP contribution is 2.22. The van der Waals surface area contributed by atoms with E-state index in [0.717, 1.165) is 31.5 Å². The van der Waals surface area contributed by atoms with E-state index in [-0.39, 0.29) is 16.8 Å². The minimum absolute atomic E-state index is 0.0833. The van der Waals surface area contributed by atoms with E-state index in [1.165, 1.54) is 16.4 Å². The van der Waals surface area contributed by atoms with E-state index in [2.05, 4.69) is 36.2 Å². The van der Waals surface area contributed by atoms with Gasteiger partial charge in [-0.15, -0.1) is 0 Å². The van der Waals surface area contributed by atoms with Crippen molar-refractivity contribution in [3.8, 4) is 0 Å². The predicted molar refractivity (Wildman–Crippen MR) is 119 cm³/mol. The van der Waals surface area contributed by atoms with Gasteiger partial charge >= 0.3 is 0 Å². The number of rotatable bonds is 9. The van der Waals surface area contributed by atoms with Gasteiger partial charge in [0.2, 0.25) is 10.0 Å². The third kappa shape index (κ3) is 5.09. The smallest absolute Gasteiger partial charge is 0.251 e. The molecule has 1 N–H and O–H groups in total. The molecule has 3 rings (SSSR count). The van der Waals surface area contributed by atoms with Crippen LogP contribution in [0, 0.1) is 0 Å². The number of nitrogens with zero attached hydrogens (tertiary/aromatic N) is 2. The second-order valence-corrected chi connectivity index (χ2v) is 9.43. The van der Waals surface area contributed by atoms with Gasteiger partial charge in [0.1, 0.15) is 0 Å². The average Bonchev–Trinajstić information content (AvgIpc) is 3.33. The lowest BCUT2D eigenvalue weighted by Gasteiger charge is -2.30. The fraction of sp³-hybridized carbons (Fsp3) is 0.435. The van der Waals surface area contributed by atoms with Crippen LogP contribution in [0.25, 0.3) is 0 Å². The Hall–Kier alpha value is -2.22. The van der Waals surface area contributed by atoms with Crippen LogP contribution in [0.15, 0.2) is 59.5 Å². The number of carbonyl (C=O) groups excluding carboxylic acids is 1. The Bertz CT molecular complexity index is 920. The van der Waals surface area contributed by atoms with Gasteiger partial charge in [-0.3, -0.25) is 9.69 Å². The highest BCUT2D eigenvalue weighted by atomic mass is 32.2. The maximum atomic E-state index is 12.7. The molecule has 1 heterocycles. The molecule has 0 bridgehead atoms. The first-order chi connectivity index (χ1) is 14.5. The summed E-state index contributed by atoms with van der Waals surface area (Å²) in [6, 6.07) is 16.5. The highest BCUT2D eigenvalue weighted by molar-refractivity contribution is 7.89. The minimum Gasteiger partial charge on any atom is -0.350 e. The van der Waals surface area contributed by atoms with Gasteiger partial charge in [-0.2, -0.15) is 4.31 Å². The van der Waals surface area contributed by atoms with E-state index in [0.29, 0.717) is 25.2 Å². The van der Waals surface area contributed by atoms with E-state index in [1.54, 1.807) is 12.1 Å². The summed E-state index contributed by atoms with van der Waals surface area (Å²) in [4.78, 5) is 15.3. The van der Waals surface area contributed by atoms with Gasteiger partial charge in [-0.25, -0.2) is 8.42 Å². The van der Waals surface area contributed by atoms with E-state index >= 15 is 0 Å². The Balaban J connectivity index is 1.69. The maximum Gasteiger partial charge on any atom is 0.251 e. The molecule has 1 saturated heterocycles. The summed E-state index contributed by atoms with van der Waals surface area (Å²) in [6.07, 6.45) is 1.80. The highest BCUT2D eigenvalue weighted by Gasteiger charge is 2.27. The number of hydrogen-bond donors (Lipinski definition) is 1. The molecule has 1 amide bonds. The van der Waals surface area contributed by atoms with Crippen molar-refractivity contribution in [3.05, 3.63) is 65.7 Å². The standard InChI is InChI=1S/C23H31N3O3S/c1-3-25(4-2)22(19-10-6-5-7-11-19)18-24-23(27)20-12-14-21(15-13-20)30(28,29)26-16-8-9-17-26/h5-7,10-15,22H,3-4,8-9,16-18H2,1-2H3,(H,24,27). The number of hydrogen-bond acceptors (Lipinski definition) is 4. The van der Waals surface area contributed by atoms with Crippen LogP contribution in [0.4, 0.5) is 0 Å². The molecule has 0 radical (unpaired) electrons. The normalized spacial score (nSPS) is 16.0. The predicted octanol–water partition coefficient (Wildman–Crippen LogP) is 3.28. The molecule has 2 aromatic rings. The molecule has 2 aromatic carbocycles. The summed E-state index contributed by atoms with van der Waals surface area (Å²) in [5.41, 5.74) is 1.62. The van der Waals surface area contributed by atoms with Crippen molar-refractivity contribution in [2.24, 2.45) is 0 Å². The summed E-state index contributed by atoms with van der Waals surface area (Å²) in [5.74, 6) is -0.201. The zero-order valence-corrected chi connectivity index (χ0v) is 18.6. The molecule has 1 unspecified atom stereocenters. The molecule has 0 spiro atoms.